The van der Waals surface area contributed by atoms with Gasteiger partial charge in [0.25, 0.3) is 5.69 Å². The lowest BCUT2D eigenvalue weighted by molar-refractivity contribution is -0.384. The van der Waals surface area contributed by atoms with Gasteiger partial charge in [-0.25, -0.2) is 0 Å². The molecular formula is C14H18BrNO2S. The molecular weight excluding hydrogens is 326 g/mol. The van der Waals surface area contributed by atoms with E-state index in [0.29, 0.717) is 4.83 Å². The van der Waals surface area contributed by atoms with E-state index in [2.05, 4.69) is 15.9 Å². The third-order valence-corrected chi connectivity index (χ3v) is 5.87. The van der Waals surface area contributed by atoms with Crippen molar-refractivity contribution in [2.24, 2.45) is 5.92 Å². The minimum Gasteiger partial charge on any atom is -0.258 e. The quantitative estimate of drug-likeness (QED) is 0.315. The van der Waals surface area contributed by atoms with Gasteiger partial charge in [-0.1, -0.05) is 28.8 Å². The molecule has 3 nitrogen and oxygen atoms in total. The Labute approximate surface area is 126 Å². The first-order valence-corrected chi connectivity index (χ1v) is 8.58. The third-order valence-electron chi connectivity index (χ3n) is 3.62. The van der Waals surface area contributed by atoms with Crippen LogP contribution in [0.2, 0.25) is 0 Å². The smallest absolute Gasteiger partial charge is 0.258 e. The molecule has 0 heterocycles. The fraction of sp³-hybridized carbons (Fsp3) is 0.571. The maximum absolute atomic E-state index is 10.6. The Balaban J connectivity index is 1.74. The van der Waals surface area contributed by atoms with Crippen molar-refractivity contribution in [3.05, 3.63) is 34.4 Å². The SMILES string of the molecule is O=[N+]([O-])c1ccc(SCCC(Br)C2CCCC2)cc1. The average molecular weight is 344 g/mol. The van der Waals surface area contributed by atoms with Crippen LogP contribution < -0.4 is 0 Å². The van der Waals surface area contributed by atoms with Crippen molar-refractivity contribution in [3.8, 4) is 0 Å². The predicted octanol–water partition coefficient (Wildman–Crippen LogP) is 5.03. The lowest BCUT2D eigenvalue weighted by Crippen LogP contribution is -2.11. The van der Waals surface area contributed by atoms with Crippen LogP contribution in [0.25, 0.3) is 0 Å². The van der Waals surface area contributed by atoms with Gasteiger partial charge >= 0.3 is 0 Å². The molecule has 104 valence electrons. The maximum Gasteiger partial charge on any atom is 0.269 e. The van der Waals surface area contributed by atoms with E-state index in [1.165, 1.54) is 25.7 Å². The van der Waals surface area contributed by atoms with Crippen LogP contribution in [-0.4, -0.2) is 15.5 Å². The van der Waals surface area contributed by atoms with Crippen molar-refractivity contribution in [1.82, 2.24) is 0 Å². The van der Waals surface area contributed by atoms with Gasteiger partial charge < -0.3 is 0 Å². The number of non-ortho nitro benzene ring substituents is 1. The summed E-state index contributed by atoms with van der Waals surface area (Å²) in [6, 6.07) is 6.82. The highest BCUT2D eigenvalue weighted by Gasteiger charge is 2.22. The Hall–Kier alpha value is -0.550. The number of thioether (sulfide) groups is 1. The zero-order valence-electron chi connectivity index (χ0n) is 10.8. The molecule has 0 radical (unpaired) electrons. The monoisotopic (exact) mass is 343 g/mol. The topological polar surface area (TPSA) is 43.1 Å². The molecule has 19 heavy (non-hydrogen) atoms. The zero-order chi connectivity index (χ0) is 13.7. The van der Waals surface area contributed by atoms with Gasteiger partial charge in [0.2, 0.25) is 0 Å². The van der Waals surface area contributed by atoms with Crippen molar-refractivity contribution in [2.75, 3.05) is 5.75 Å². The van der Waals surface area contributed by atoms with Gasteiger partial charge in [0.05, 0.1) is 4.92 Å². The molecule has 5 heteroatoms. The molecule has 0 amide bonds. The molecule has 1 aliphatic carbocycles. The van der Waals surface area contributed by atoms with Crippen molar-refractivity contribution < 1.29 is 4.92 Å². The second kappa shape index (κ2) is 7.29. The number of nitrogens with zero attached hydrogens (tertiary/aromatic N) is 1. The maximum atomic E-state index is 10.6. The molecule has 1 aromatic carbocycles. The summed E-state index contributed by atoms with van der Waals surface area (Å²) in [4.78, 5) is 11.9. The van der Waals surface area contributed by atoms with Crippen molar-refractivity contribution >= 4 is 33.4 Å². The molecule has 1 unspecified atom stereocenters. The van der Waals surface area contributed by atoms with Gasteiger partial charge in [-0.05, 0) is 43.1 Å². The Kier molecular flexibility index (Phi) is 5.70. The van der Waals surface area contributed by atoms with E-state index in [0.717, 1.165) is 23.0 Å². The summed E-state index contributed by atoms with van der Waals surface area (Å²) in [6.07, 6.45) is 6.63. The fourth-order valence-electron chi connectivity index (χ4n) is 2.51. The highest BCUT2D eigenvalue weighted by atomic mass is 79.9. The lowest BCUT2D eigenvalue weighted by Gasteiger charge is -2.16. The normalized spacial score (nSPS) is 17.5. The summed E-state index contributed by atoms with van der Waals surface area (Å²) >= 11 is 5.58. The Morgan fingerprint density at radius 3 is 2.53 bits per heavy atom. The Bertz CT molecular complexity index is 418. The van der Waals surface area contributed by atoms with Gasteiger partial charge in [0, 0.05) is 21.9 Å². The predicted molar refractivity (Wildman–Crippen MR) is 83.1 cm³/mol. The molecule has 0 bridgehead atoms. The van der Waals surface area contributed by atoms with E-state index in [-0.39, 0.29) is 10.6 Å². The highest BCUT2D eigenvalue weighted by Crippen LogP contribution is 2.34. The van der Waals surface area contributed by atoms with Crippen molar-refractivity contribution in [2.45, 2.75) is 41.8 Å². The summed E-state index contributed by atoms with van der Waals surface area (Å²) in [5.74, 6) is 1.90. The van der Waals surface area contributed by atoms with Crippen LogP contribution in [0, 0.1) is 16.0 Å². The van der Waals surface area contributed by atoms with E-state index >= 15 is 0 Å². The van der Waals surface area contributed by atoms with Crippen LogP contribution in [0.15, 0.2) is 29.2 Å². The summed E-state index contributed by atoms with van der Waals surface area (Å²) in [7, 11) is 0. The fourth-order valence-corrected chi connectivity index (χ4v) is 4.50. The first kappa shape index (κ1) is 14.9. The van der Waals surface area contributed by atoms with Crippen LogP contribution >= 0.6 is 27.7 Å². The minimum atomic E-state index is -0.358. The van der Waals surface area contributed by atoms with Crippen molar-refractivity contribution in [1.29, 1.82) is 0 Å². The van der Waals surface area contributed by atoms with E-state index in [1.807, 2.05) is 12.1 Å². The second-order valence-corrected chi connectivity index (χ2v) is 7.29. The molecule has 0 saturated heterocycles. The summed E-state index contributed by atoms with van der Waals surface area (Å²) in [5.41, 5.74) is 0.161. The van der Waals surface area contributed by atoms with Gasteiger partial charge in [0.15, 0.2) is 0 Å². The van der Waals surface area contributed by atoms with Crippen molar-refractivity contribution in [3.63, 3.8) is 0 Å². The van der Waals surface area contributed by atoms with Crippen LogP contribution in [0.5, 0.6) is 0 Å². The molecule has 0 aromatic heterocycles. The third kappa shape index (κ3) is 4.49. The summed E-state index contributed by atoms with van der Waals surface area (Å²) < 4.78 is 0. The van der Waals surface area contributed by atoms with E-state index < -0.39 is 0 Å². The summed E-state index contributed by atoms with van der Waals surface area (Å²) in [5, 5.41) is 10.6. The molecule has 0 spiro atoms. The highest BCUT2D eigenvalue weighted by molar-refractivity contribution is 9.09. The number of rotatable bonds is 6. The standard InChI is InChI=1S/C14H18BrNO2S/c15-14(11-3-1-2-4-11)9-10-19-13-7-5-12(6-8-13)16(17)18/h5-8,11,14H,1-4,9-10H2. The minimum absolute atomic E-state index is 0.161. The number of nitro benzene ring substituents is 1. The van der Waals surface area contributed by atoms with Gasteiger partial charge in [-0.2, -0.15) is 0 Å². The second-order valence-electron chi connectivity index (χ2n) is 4.95. The molecule has 1 fully saturated rings. The largest absolute Gasteiger partial charge is 0.269 e. The molecule has 1 aromatic rings. The molecule has 0 aliphatic heterocycles. The molecule has 0 N–H and O–H groups in total. The van der Waals surface area contributed by atoms with E-state index in [4.69, 9.17) is 0 Å². The summed E-state index contributed by atoms with van der Waals surface area (Å²) in [6.45, 7) is 0. The van der Waals surface area contributed by atoms with Crippen LogP contribution in [0.4, 0.5) is 5.69 Å². The number of hydrogen-bond acceptors (Lipinski definition) is 3. The first-order chi connectivity index (χ1) is 9.16. The van der Waals surface area contributed by atoms with Gasteiger partial charge in [0.1, 0.15) is 0 Å². The van der Waals surface area contributed by atoms with E-state index in [1.54, 1.807) is 23.9 Å². The molecule has 1 saturated carbocycles. The molecule has 1 aliphatic rings. The van der Waals surface area contributed by atoms with Gasteiger partial charge in [-0.15, -0.1) is 11.8 Å². The molecule has 1 atom stereocenters. The lowest BCUT2D eigenvalue weighted by atomic mass is 10.0. The zero-order valence-corrected chi connectivity index (χ0v) is 13.2. The first-order valence-electron chi connectivity index (χ1n) is 6.68. The van der Waals surface area contributed by atoms with E-state index in [9.17, 15) is 10.1 Å². The van der Waals surface area contributed by atoms with Crippen LogP contribution in [-0.2, 0) is 0 Å². The van der Waals surface area contributed by atoms with Crippen LogP contribution in [0.1, 0.15) is 32.1 Å². The van der Waals surface area contributed by atoms with Gasteiger partial charge in [-0.3, -0.25) is 10.1 Å². The number of halogens is 1. The Morgan fingerprint density at radius 2 is 1.95 bits per heavy atom. The molecule has 2 rings (SSSR count). The number of alkyl halides is 1. The Morgan fingerprint density at radius 1 is 1.32 bits per heavy atom. The number of benzene rings is 1. The number of hydrogen-bond donors (Lipinski definition) is 0. The average Bonchev–Trinajstić information content (AvgIpc) is 2.93. The van der Waals surface area contributed by atoms with Crippen LogP contribution in [0.3, 0.4) is 0 Å². The number of nitro groups is 1.